The van der Waals surface area contributed by atoms with E-state index in [1.54, 1.807) is 18.2 Å². The molecule has 0 aliphatic rings. The summed E-state index contributed by atoms with van der Waals surface area (Å²) in [6.07, 6.45) is 0. The third-order valence-corrected chi connectivity index (χ3v) is 4.41. The van der Waals surface area contributed by atoms with Crippen LogP contribution < -0.4 is 5.32 Å². The van der Waals surface area contributed by atoms with E-state index in [4.69, 9.17) is 16.7 Å². The van der Waals surface area contributed by atoms with Gasteiger partial charge in [0, 0.05) is 21.2 Å². The van der Waals surface area contributed by atoms with Gasteiger partial charge in [0.15, 0.2) is 5.13 Å². The molecule has 3 rings (SSSR count). The highest BCUT2D eigenvalue weighted by molar-refractivity contribution is 7.16. The zero-order valence-corrected chi connectivity index (χ0v) is 13.8. The van der Waals surface area contributed by atoms with E-state index in [2.05, 4.69) is 10.3 Å². The highest BCUT2D eigenvalue weighted by Gasteiger charge is 2.11. The van der Waals surface area contributed by atoms with Crippen LogP contribution in [0, 0.1) is 6.92 Å². The Bertz CT molecular complexity index is 859. The average molecular weight is 345 g/mol. The van der Waals surface area contributed by atoms with Crippen molar-refractivity contribution >= 4 is 39.7 Å². The quantitative estimate of drug-likeness (QED) is 0.681. The second-order valence-electron chi connectivity index (χ2n) is 4.94. The average Bonchev–Trinajstić information content (AvgIpc) is 2.89. The second-order valence-corrected chi connectivity index (χ2v) is 6.58. The number of halogens is 1. The van der Waals surface area contributed by atoms with E-state index >= 15 is 0 Å². The molecule has 0 fully saturated rings. The van der Waals surface area contributed by atoms with E-state index in [9.17, 15) is 4.79 Å². The third-order valence-electron chi connectivity index (χ3n) is 3.28. The van der Waals surface area contributed by atoms with Gasteiger partial charge in [0.05, 0.1) is 11.3 Å². The smallest absolute Gasteiger partial charge is 0.335 e. The summed E-state index contributed by atoms with van der Waals surface area (Å²) < 4.78 is 0. The summed E-state index contributed by atoms with van der Waals surface area (Å²) in [4.78, 5) is 16.7. The van der Waals surface area contributed by atoms with Crippen molar-refractivity contribution in [3.8, 4) is 11.3 Å². The van der Waals surface area contributed by atoms with Gasteiger partial charge in [-0.25, -0.2) is 9.78 Å². The monoisotopic (exact) mass is 344 g/mol. The Labute approximate surface area is 142 Å². The van der Waals surface area contributed by atoms with Gasteiger partial charge >= 0.3 is 5.97 Å². The SMILES string of the molecule is Cc1sc(Nc2cccc(C(=O)O)c2)nc1-c1ccc(Cl)cc1. The molecule has 0 aliphatic heterocycles. The van der Waals surface area contributed by atoms with Gasteiger partial charge in [-0.1, -0.05) is 29.8 Å². The topological polar surface area (TPSA) is 62.2 Å². The maximum absolute atomic E-state index is 11.0. The molecule has 1 heterocycles. The molecule has 4 nitrogen and oxygen atoms in total. The van der Waals surface area contributed by atoms with Crippen molar-refractivity contribution in [2.45, 2.75) is 6.92 Å². The van der Waals surface area contributed by atoms with Crippen LogP contribution in [0.4, 0.5) is 10.8 Å². The molecule has 0 bridgehead atoms. The minimum Gasteiger partial charge on any atom is -0.478 e. The number of aryl methyl sites for hydroxylation is 1. The Hall–Kier alpha value is -2.37. The lowest BCUT2D eigenvalue weighted by Gasteiger charge is -2.03. The molecule has 2 aromatic carbocycles. The molecule has 1 aromatic heterocycles. The predicted molar refractivity (Wildman–Crippen MR) is 94.0 cm³/mol. The van der Waals surface area contributed by atoms with Crippen LogP contribution in [0.2, 0.25) is 5.02 Å². The number of hydrogen-bond acceptors (Lipinski definition) is 4. The highest BCUT2D eigenvalue weighted by atomic mass is 35.5. The van der Waals surface area contributed by atoms with Crippen LogP contribution in [0.5, 0.6) is 0 Å². The van der Waals surface area contributed by atoms with Gasteiger partial charge in [0.1, 0.15) is 0 Å². The number of anilines is 2. The van der Waals surface area contributed by atoms with Gasteiger partial charge in [-0.15, -0.1) is 11.3 Å². The van der Waals surface area contributed by atoms with Crippen molar-refractivity contribution in [1.29, 1.82) is 0 Å². The number of nitrogens with zero attached hydrogens (tertiary/aromatic N) is 1. The zero-order valence-electron chi connectivity index (χ0n) is 12.2. The molecule has 23 heavy (non-hydrogen) atoms. The number of carbonyl (C=O) groups is 1. The molecule has 3 aromatic rings. The second kappa shape index (κ2) is 6.40. The number of aromatic nitrogens is 1. The number of nitrogens with one attached hydrogen (secondary N) is 1. The van der Waals surface area contributed by atoms with Gasteiger partial charge in [-0.2, -0.15) is 0 Å². The van der Waals surface area contributed by atoms with Crippen molar-refractivity contribution in [3.05, 3.63) is 64.0 Å². The number of carboxylic acids is 1. The number of benzene rings is 2. The number of aromatic carboxylic acids is 1. The number of hydrogen-bond donors (Lipinski definition) is 2. The first-order valence-electron chi connectivity index (χ1n) is 6.86. The van der Waals surface area contributed by atoms with Crippen molar-refractivity contribution in [2.24, 2.45) is 0 Å². The van der Waals surface area contributed by atoms with E-state index in [-0.39, 0.29) is 5.56 Å². The molecule has 2 N–H and O–H groups in total. The molecular weight excluding hydrogens is 332 g/mol. The molecule has 116 valence electrons. The standard InChI is InChI=1S/C17H13ClN2O2S/c1-10-15(11-5-7-13(18)8-6-11)20-17(23-10)19-14-4-2-3-12(9-14)16(21)22/h2-9H,1H3,(H,19,20)(H,21,22). The summed E-state index contributed by atoms with van der Waals surface area (Å²) in [5.41, 5.74) is 2.82. The first-order valence-corrected chi connectivity index (χ1v) is 8.06. The predicted octanol–water partition coefficient (Wildman–Crippen LogP) is 5.21. The van der Waals surface area contributed by atoms with Crippen molar-refractivity contribution in [2.75, 3.05) is 5.32 Å². The van der Waals surface area contributed by atoms with E-state index in [1.807, 2.05) is 37.3 Å². The molecule has 0 atom stereocenters. The lowest BCUT2D eigenvalue weighted by molar-refractivity contribution is 0.0697. The van der Waals surface area contributed by atoms with Gasteiger partial charge < -0.3 is 10.4 Å². The van der Waals surface area contributed by atoms with Gasteiger partial charge in [-0.05, 0) is 37.3 Å². The van der Waals surface area contributed by atoms with Crippen LogP contribution in [0.15, 0.2) is 48.5 Å². The maximum Gasteiger partial charge on any atom is 0.335 e. The molecule has 0 amide bonds. The maximum atomic E-state index is 11.0. The van der Waals surface area contributed by atoms with Crippen LogP contribution in [0.1, 0.15) is 15.2 Å². The molecule has 6 heteroatoms. The molecule has 0 aliphatic carbocycles. The summed E-state index contributed by atoms with van der Waals surface area (Å²) in [6, 6.07) is 14.2. The summed E-state index contributed by atoms with van der Waals surface area (Å²) in [5.74, 6) is -0.953. The highest BCUT2D eigenvalue weighted by Crippen LogP contribution is 2.32. The molecule has 0 unspecified atom stereocenters. The van der Waals surface area contributed by atoms with Gasteiger partial charge in [-0.3, -0.25) is 0 Å². The van der Waals surface area contributed by atoms with Gasteiger partial charge in [0.25, 0.3) is 0 Å². The third kappa shape index (κ3) is 3.52. The van der Waals surface area contributed by atoms with Crippen LogP contribution >= 0.6 is 22.9 Å². The van der Waals surface area contributed by atoms with E-state index < -0.39 is 5.97 Å². The normalized spacial score (nSPS) is 10.5. The Kier molecular flexibility index (Phi) is 4.32. The lowest BCUT2D eigenvalue weighted by Crippen LogP contribution is -1.97. The van der Waals surface area contributed by atoms with Crippen molar-refractivity contribution in [3.63, 3.8) is 0 Å². The van der Waals surface area contributed by atoms with Crippen molar-refractivity contribution in [1.82, 2.24) is 4.98 Å². The van der Waals surface area contributed by atoms with Crippen molar-refractivity contribution < 1.29 is 9.90 Å². The molecule has 0 saturated heterocycles. The summed E-state index contributed by atoms with van der Waals surface area (Å²) in [7, 11) is 0. The van der Waals surface area contributed by atoms with E-state index in [0.29, 0.717) is 10.7 Å². The number of rotatable bonds is 4. The number of carboxylic acid groups (broad SMARTS) is 1. The molecular formula is C17H13ClN2O2S. The van der Waals surface area contributed by atoms with E-state index in [0.717, 1.165) is 21.3 Å². The van der Waals surface area contributed by atoms with Gasteiger partial charge in [0.2, 0.25) is 0 Å². The minimum absolute atomic E-state index is 0.237. The summed E-state index contributed by atoms with van der Waals surface area (Å²) >= 11 is 7.43. The summed E-state index contributed by atoms with van der Waals surface area (Å²) in [6.45, 7) is 2.00. The number of thiazole rings is 1. The Morgan fingerprint density at radius 1 is 1.22 bits per heavy atom. The Morgan fingerprint density at radius 2 is 1.96 bits per heavy atom. The largest absolute Gasteiger partial charge is 0.478 e. The fraction of sp³-hybridized carbons (Fsp3) is 0.0588. The van der Waals surface area contributed by atoms with E-state index in [1.165, 1.54) is 11.3 Å². The molecule has 0 radical (unpaired) electrons. The first kappa shape index (κ1) is 15.5. The Balaban J connectivity index is 1.88. The fourth-order valence-electron chi connectivity index (χ4n) is 2.18. The summed E-state index contributed by atoms with van der Waals surface area (Å²) in [5, 5.41) is 13.6. The molecule has 0 saturated carbocycles. The van der Waals surface area contributed by atoms with Crippen LogP contribution in [-0.2, 0) is 0 Å². The minimum atomic E-state index is -0.953. The Morgan fingerprint density at radius 3 is 2.65 bits per heavy atom. The van der Waals surface area contributed by atoms with Crippen LogP contribution in [-0.4, -0.2) is 16.1 Å². The first-order chi connectivity index (χ1) is 11.0. The fourth-order valence-corrected chi connectivity index (χ4v) is 3.16. The lowest BCUT2D eigenvalue weighted by atomic mass is 10.1. The van der Waals surface area contributed by atoms with Crippen LogP contribution in [0.25, 0.3) is 11.3 Å². The van der Waals surface area contributed by atoms with Crippen LogP contribution in [0.3, 0.4) is 0 Å². The zero-order chi connectivity index (χ0) is 16.4. The molecule has 0 spiro atoms.